The minimum atomic E-state index is 0.562. The minimum Gasteiger partial charge on any atom is -0.310 e. The van der Waals surface area contributed by atoms with Crippen molar-refractivity contribution in [3.63, 3.8) is 0 Å². The van der Waals surface area contributed by atoms with E-state index in [-0.39, 0.29) is 0 Å². The quantitative estimate of drug-likeness (QED) is 0.761. The van der Waals surface area contributed by atoms with E-state index in [2.05, 4.69) is 45.1 Å². The van der Waals surface area contributed by atoms with Gasteiger partial charge in [-0.05, 0) is 67.8 Å². The van der Waals surface area contributed by atoms with Crippen molar-refractivity contribution in [2.45, 2.75) is 53.0 Å². The fourth-order valence-corrected chi connectivity index (χ4v) is 2.93. The van der Waals surface area contributed by atoms with Crippen molar-refractivity contribution in [1.29, 1.82) is 0 Å². The van der Waals surface area contributed by atoms with E-state index in [1.54, 1.807) is 11.1 Å². The van der Waals surface area contributed by atoms with E-state index in [9.17, 15) is 0 Å². The number of fused-ring (bicyclic) bond motifs is 1. The second kappa shape index (κ2) is 5.22. The Morgan fingerprint density at radius 2 is 1.94 bits per heavy atom. The molecule has 94 valence electrons. The van der Waals surface area contributed by atoms with E-state index in [0.717, 1.165) is 12.5 Å². The summed E-state index contributed by atoms with van der Waals surface area (Å²) >= 11 is 0. The van der Waals surface area contributed by atoms with Crippen molar-refractivity contribution in [3.05, 3.63) is 34.4 Å². The first-order chi connectivity index (χ1) is 8.11. The molecule has 2 atom stereocenters. The maximum atomic E-state index is 3.66. The monoisotopic (exact) mass is 231 g/mol. The van der Waals surface area contributed by atoms with Crippen LogP contribution in [-0.2, 0) is 6.42 Å². The third-order valence-corrected chi connectivity index (χ3v) is 4.13. The van der Waals surface area contributed by atoms with Gasteiger partial charge in [-0.1, -0.05) is 26.0 Å². The molecular weight excluding hydrogens is 206 g/mol. The molecule has 1 aromatic carbocycles. The maximum absolute atomic E-state index is 3.66. The molecule has 2 unspecified atom stereocenters. The van der Waals surface area contributed by atoms with E-state index < -0.39 is 0 Å². The first-order valence-electron chi connectivity index (χ1n) is 6.95. The van der Waals surface area contributed by atoms with Crippen LogP contribution in [-0.4, -0.2) is 6.54 Å². The Labute approximate surface area is 106 Å². The summed E-state index contributed by atoms with van der Waals surface area (Å²) in [5.41, 5.74) is 6.00. The standard InChI is InChI=1S/C16H25N/c1-5-17-16-8-11(2)6-7-14-9-12(3)13(4)10-15(14)16/h9-11,16-17H,5-8H2,1-4H3. The third kappa shape index (κ3) is 2.71. The lowest BCUT2D eigenvalue weighted by atomic mass is 9.93. The van der Waals surface area contributed by atoms with Crippen molar-refractivity contribution >= 4 is 0 Å². The van der Waals surface area contributed by atoms with Gasteiger partial charge in [0.1, 0.15) is 0 Å². The van der Waals surface area contributed by atoms with Crippen molar-refractivity contribution in [2.24, 2.45) is 5.92 Å². The van der Waals surface area contributed by atoms with E-state index in [1.165, 1.54) is 30.4 Å². The molecule has 0 bridgehead atoms. The Morgan fingerprint density at radius 1 is 1.24 bits per heavy atom. The van der Waals surface area contributed by atoms with Crippen LogP contribution in [0.3, 0.4) is 0 Å². The SMILES string of the molecule is CCNC1CC(C)CCc2cc(C)c(C)cc21. The van der Waals surface area contributed by atoms with Crippen LogP contribution >= 0.6 is 0 Å². The second-order valence-electron chi connectivity index (χ2n) is 5.63. The summed E-state index contributed by atoms with van der Waals surface area (Å²) in [5, 5.41) is 3.66. The molecule has 1 aromatic rings. The van der Waals surface area contributed by atoms with Crippen LogP contribution < -0.4 is 5.32 Å². The second-order valence-corrected chi connectivity index (χ2v) is 5.63. The predicted molar refractivity (Wildman–Crippen MR) is 74.4 cm³/mol. The molecule has 1 aliphatic carbocycles. The number of rotatable bonds is 2. The van der Waals surface area contributed by atoms with Crippen LogP contribution in [0.1, 0.15) is 55.0 Å². The highest BCUT2D eigenvalue weighted by molar-refractivity contribution is 5.39. The normalized spacial score (nSPS) is 24.2. The van der Waals surface area contributed by atoms with Crippen molar-refractivity contribution in [3.8, 4) is 0 Å². The highest BCUT2D eigenvalue weighted by Crippen LogP contribution is 2.33. The zero-order valence-electron chi connectivity index (χ0n) is 11.6. The predicted octanol–water partition coefficient (Wildman–Crippen LogP) is 3.93. The lowest BCUT2D eigenvalue weighted by molar-refractivity contribution is 0.414. The molecule has 0 aromatic heterocycles. The molecular formula is C16H25N. The number of aryl methyl sites for hydroxylation is 3. The number of benzene rings is 1. The van der Waals surface area contributed by atoms with Gasteiger partial charge >= 0.3 is 0 Å². The van der Waals surface area contributed by atoms with Crippen LogP contribution in [0.25, 0.3) is 0 Å². The average molecular weight is 231 g/mol. The van der Waals surface area contributed by atoms with Gasteiger partial charge in [0, 0.05) is 6.04 Å². The third-order valence-electron chi connectivity index (χ3n) is 4.13. The Hall–Kier alpha value is -0.820. The highest BCUT2D eigenvalue weighted by atomic mass is 14.9. The molecule has 0 saturated heterocycles. The molecule has 17 heavy (non-hydrogen) atoms. The highest BCUT2D eigenvalue weighted by Gasteiger charge is 2.22. The van der Waals surface area contributed by atoms with E-state index in [4.69, 9.17) is 0 Å². The summed E-state index contributed by atoms with van der Waals surface area (Å²) in [5.74, 6) is 0.826. The van der Waals surface area contributed by atoms with Gasteiger partial charge in [0.25, 0.3) is 0 Å². The number of nitrogens with one attached hydrogen (secondary N) is 1. The molecule has 0 aliphatic heterocycles. The van der Waals surface area contributed by atoms with Gasteiger partial charge < -0.3 is 5.32 Å². The molecule has 0 saturated carbocycles. The maximum Gasteiger partial charge on any atom is 0.0325 e. The lowest BCUT2D eigenvalue weighted by Crippen LogP contribution is -2.22. The molecule has 0 fully saturated rings. The molecule has 1 heteroatoms. The average Bonchev–Trinajstić information content (AvgIpc) is 2.42. The molecule has 1 N–H and O–H groups in total. The number of hydrogen-bond donors (Lipinski definition) is 1. The van der Waals surface area contributed by atoms with Gasteiger partial charge in [0.05, 0.1) is 0 Å². The van der Waals surface area contributed by atoms with Gasteiger partial charge in [0.15, 0.2) is 0 Å². The first-order valence-corrected chi connectivity index (χ1v) is 6.95. The van der Waals surface area contributed by atoms with Crippen molar-refractivity contribution in [2.75, 3.05) is 6.54 Å². The summed E-state index contributed by atoms with van der Waals surface area (Å²) in [6, 6.07) is 5.38. The zero-order chi connectivity index (χ0) is 12.4. The van der Waals surface area contributed by atoms with Gasteiger partial charge in [-0.15, -0.1) is 0 Å². The van der Waals surface area contributed by atoms with Crippen LogP contribution in [0, 0.1) is 19.8 Å². The van der Waals surface area contributed by atoms with Crippen LogP contribution in [0.4, 0.5) is 0 Å². The fourth-order valence-electron chi connectivity index (χ4n) is 2.93. The molecule has 1 nitrogen and oxygen atoms in total. The largest absolute Gasteiger partial charge is 0.310 e. The van der Waals surface area contributed by atoms with Gasteiger partial charge in [0.2, 0.25) is 0 Å². The smallest absolute Gasteiger partial charge is 0.0325 e. The van der Waals surface area contributed by atoms with Gasteiger partial charge in [-0.25, -0.2) is 0 Å². The summed E-state index contributed by atoms with van der Waals surface area (Å²) in [7, 11) is 0. The van der Waals surface area contributed by atoms with Gasteiger partial charge in [-0.2, -0.15) is 0 Å². The van der Waals surface area contributed by atoms with Crippen LogP contribution in [0.2, 0.25) is 0 Å². The minimum absolute atomic E-state index is 0.562. The van der Waals surface area contributed by atoms with E-state index in [1.807, 2.05) is 0 Å². The molecule has 0 radical (unpaired) electrons. The Balaban J connectivity index is 2.40. The van der Waals surface area contributed by atoms with Crippen LogP contribution in [0.5, 0.6) is 0 Å². The summed E-state index contributed by atoms with van der Waals surface area (Å²) < 4.78 is 0. The lowest BCUT2D eigenvalue weighted by Gasteiger charge is -2.21. The Morgan fingerprint density at radius 3 is 2.65 bits per heavy atom. The summed E-state index contributed by atoms with van der Waals surface area (Å²) in [4.78, 5) is 0. The molecule has 0 spiro atoms. The summed E-state index contributed by atoms with van der Waals surface area (Å²) in [6.45, 7) is 10.1. The van der Waals surface area contributed by atoms with Gasteiger partial charge in [-0.3, -0.25) is 0 Å². The first kappa shape index (κ1) is 12.6. The Bertz CT molecular complexity index is 395. The topological polar surface area (TPSA) is 12.0 Å². The molecule has 0 heterocycles. The van der Waals surface area contributed by atoms with Crippen molar-refractivity contribution in [1.82, 2.24) is 5.32 Å². The fraction of sp³-hybridized carbons (Fsp3) is 0.625. The number of hydrogen-bond acceptors (Lipinski definition) is 1. The zero-order valence-corrected chi connectivity index (χ0v) is 11.6. The molecule has 1 aliphatic rings. The van der Waals surface area contributed by atoms with Crippen molar-refractivity contribution < 1.29 is 0 Å². The summed E-state index contributed by atoms with van der Waals surface area (Å²) in [6.07, 6.45) is 3.86. The van der Waals surface area contributed by atoms with E-state index >= 15 is 0 Å². The molecule has 0 amide bonds. The van der Waals surface area contributed by atoms with E-state index in [0.29, 0.717) is 6.04 Å². The molecule has 2 rings (SSSR count). The Kier molecular flexibility index (Phi) is 3.88. The van der Waals surface area contributed by atoms with Crippen LogP contribution in [0.15, 0.2) is 12.1 Å².